The smallest absolute Gasteiger partial charge is 0.250 e. The lowest BCUT2D eigenvalue weighted by Gasteiger charge is -2.43. The molecule has 32 heavy (non-hydrogen) atoms. The first-order valence-electron chi connectivity index (χ1n) is 12.3. The molecule has 1 aliphatic carbocycles. The molecule has 7 heteroatoms. The molecule has 0 N–H and O–H groups in total. The third kappa shape index (κ3) is 3.76. The van der Waals surface area contributed by atoms with E-state index in [0.29, 0.717) is 32.6 Å². The third-order valence-electron chi connectivity index (χ3n) is 7.97. The van der Waals surface area contributed by atoms with Crippen molar-refractivity contribution in [2.75, 3.05) is 44.3 Å². The Morgan fingerprint density at radius 2 is 1.53 bits per heavy atom. The summed E-state index contributed by atoms with van der Waals surface area (Å²) in [5.41, 5.74) is 0.339. The Kier molecular flexibility index (Phi) is 5.82. The van der Waals surface area contributed by atoms with E-state index in [0.717, 1.165) is 57.3 Å². The van der Waals surface area contributed by atoms with Gasteiger partial charge in [0.1, 0.15) is 12.1 Å². The molecule has 1 aromatic carbocycles. The van der Waals surface area contributed by atoms with Crippen LogP contribution in [0, 0.1) is 5.92 Å². The summed E-state index contributed by atoms with van der Waals surface area (Å²) in [4.78, 5) is 47.3. The molecule has 7 nitrogen and oxygen atoms in total. The molecule has 1 spiro atoms. The van der Waals surface area contributed by atoms with Crippen molar-refractivity contribution in [1.82, 2.24) is 14.7 Å². The molecule has 1 saturated carbocycles. The molecular weight excluding hydrogens is 404 g/mol. The van der Waals surface area contributed by atoms with Crippen molar-refractivity contribution in [3.8, 4) is 0 Å². The quantitative estimate of drug-likeness (QED) is 0.725. The largest absolute Gasteiger partial charge is 0.342 e. The average Bonchev–Trinajstić information content (AvgIpc) is 3.59. The molecule has 172 valence electrons. The van der Waals surface area contributed by atoms with E-state index in [1.807, 2.05) is 40.1 Å². The molecule has 1 aromatic rings. The Hall–Kier alpha value is -2.57. The zero-order valence-corrected chi connectivity index (χ0v) is 18.9. The van der Waals surface area contributed by atoms with Crippen LogP contribution in [0.3, 0.4) is 0 Å². The van der Waals surface area contributed by atoms with Crippen molar-refractivity contribution >= 4 is 23.4 Å². The molecule has 5 rings (SSSR count). The Balaban J connectivity index is 1.34. The van der Waals surface area contributed by atoms with E-state index in [1.54, 1.807) is 4.90 Å². The van der Waals surface area contributed by atoms with Gasteiger partial charge in [-0.1, -0.05) is 31.0 Å². The molecule has 3 amide bonds. The molecule has 4 fully saturated rings. The molecule has 0 bridgehead atoms. The SMILES string of the molecule is O=C(CN1CN(c2ccccc2)C2(CCN(C(=O)C3CCCC3)CC2)C1=O)N1CCCC1. The van der Waals surface area contributed by atoms with Crippen molar-refractivity contribution in [2.24, 2.45) is 5.92 Å². The molecule has 0 atom stereocenters. The summed E-state index contributed by atoms with van der Waals surface area (Å²) in [7, 11) is 0. The van der Waals surface area contributed by atoms with Gasteiger partial charge in [0.2, 0.25) is 11.8 Å². The highest BCUT2D eigenvalue weighted by Crippen LogP contribution is 2.40. The minimum atomic E-state index is -0.668. The van der Waals surface area contributed by atoms with Crippen LogP contribution in [0.5, 0.6) is 0 Å². The molecule has 0 radical (unpaired) electrons. The van der Waals surface area contributed by atoms with Gasteiger partial charge in [-0.15, -0.1) is 0 Å². The van der Waals surface area contributed by atoms with Crippen LogP contribution < -0.4 is 4.90 Å². The van der Waals surface area contributed by atoms with Crippen LogP contribution in [0.1, 0.15) is 51.4 Å². The summed E-state index contributed by atoms with van der Waals surface area (Å²) in [5.74, 6) is 0.537. The van der Waals surface area contributed by atoms with Crippen LogP contribution in [0.2, 0.25) is 0 Å². The van der Waals surface area contributed by atoms with E-state index >= 15 is 0 Å². The zero-order chi connectivity index (χ0) is 22.1. The first kappa shape index (κ1) is 21.3. The number of likely N-dealkylation sites (tertiary alicyclic amines) is 2. The Morgan fingerprint density at radius 3 is 2.19 bits per heavy atom. The van der Waals surface area contributed by atoms with E-state index in [-0.39, 0.29) is 30.2 Å². The van der Waals surface area contributed by atoms with Gasteiger partial charge in [-0.3, -0.25) is 14.4 Å². The van der Waals surface area contributed by atoms with Crippen LogP contribution in [0.25, 0.3) is 0 Å². The van der Waals surface area contributed by atoms with Crippen LogP contribution in [-0.4, -0.2) is 77.4 Å². The number of nitrogens with zero attached hydrogens (tertiary/aromatic N) is 4. The Morgan fingerprint density at radius 1 is 0.875 bits per heavy atom. The third-order valence-corrected chi connectivity index (χ3v) is 7.97. The topological polar surface area (TPSA) is 64.2 Å². The fraction of sp³-hybridized carbons (Fsp3) is 0.640. The highest BCUT2D eigenvalue weighted by Gasteiger charge is 2.54. The first-order chi connectivity index (χ1) is 15.6. The molecule has 3 heterocycles. The summed E-state index contributed by atoms with van der Waals surface area (Å²) >= 11 is 0. The second-order valence-electron chi connectivity index (χ2n) is 9.83. The van der Waals surface area contributed by atoms with Gasteiger partial charge >= 0.3 is 0 Å². The number of hydrogen-bond donors (Lipinski definition) is 0. The van der Waals surface area contributed by atoms with E-state index in [1.165, 1.54) is 0 Å². The fourth-order valence-electron chi connectivity index (χ4n) is 6.08. The normalized spacial score (nSPS) is 23.6. The lowest BCUT2D eigenvalue weighted by molar-refractivity contribution is -0.142. The summed E-state index contributed by atoms with van der Waals surface area (Å²) in [6, 6.07) is 10.0. The number of amides is 3. The number of piperidine rings is 1. The van der Waals surface area contributed by atoms with Crippen LogP contribution in [0.4, 0.5) is 5.69 Å². The lowest BCUT2D eigenvalue weighted by Crippen LogP contribution is -2.58. The highest BCUT2D eigenvalue weighted by atomic mass is 16.2. The number of hydrogen-bond acceptors (Lipinski definition) is 4. The number of carbonyl (C=O) groups excluding carboxylic acids is 3. The van der Waals surface area contributed by atoms with Crippen LogP contribution in [-0.2, 0) is 14.4 Å². The fourth-order valence-corrected chi connectivity index (χ4v) is 6.08. The van der Waals surface area contributed by atoms with E-state index in [2.05, 4.69) is 4.90 Å². The van der Waals surface area contributed by atoms with Gasteiger partial charge < -0.3 is 19.6 Å². The maximum absolute atomic E-state index is 13.8. The van der Waals surface area contributed by atoms with Gasteiger partial charge in [0.25, 0.3) is 5.91 Å². The van der Waals surface area contributed by atoms with Crippen LogP contribution >= 0.6 is 0 Å². The van der Waals surface area contributed by atoms with E-state index in [4.69, 9.17) is 0 Å². The number of benzene rings is 1. The predicted molar refractivity (Wildman–Crippen MR) is 122 cm³/mol. The highest BCUT2D eigenvalue weighted by molar-refractivity contribution is 5.96. The number of rotatable bonds is 4. The molecule has 0 unspecified atom stereocenters. The first-order valence-corrected chi connectivity index (χ1v) is 12.3. The molecule has 4 aliphatic rings. The summed E-state index contributed by atoms with van der Waals surface area (Å²) in [5, 5.41) is 0. The number of anilines is 1. The van der Waals surface area contributed by atoms with Crippen molar-refractivity contribution < 1.29 is 14.4 Å². The van der Waals surface area contributed by atoms with Crippen molar-refractivity contribution in [3.63, 3.8) is 0 Å². The number of para-hydroxylation sites is 1. The second kappa shape index (κ2) is 8.75. The predicted octanol–water partition coefficient (Wildman–Crippen LogP) is 2.47. The van der Waals surface area contributed by atoms with Gasteiger partial charge in [-0.25, -0.2) is 0 Å². The summed E-state index contributed by atoms with van der Waals surface area (Å²) in [6.07, 6.45) is 7.63. The molecule has 0 aromatic heterocycles. The Bertz CT molecular complexity index is 853. The maximum Gasteiger partial charge on any atom is 0.250 e. The van der Waals surface area contributed by atoms with Crippen molar-refractivity contribution in [3.05, 3.63) is 30.3 Å². The standard InChI is InChI=1S/C25H34N4O3/c30-22(26-14-6-7-15-26)18-28-19-29(21-10-2-1-3-11-21)25(24(28)32)12-16-27(17-13-25)23(31)20-8-4-5-9-20/h1-3,10-11,20H,4-9,12-19H2. The minimum absolute atomic E-state index is 0.0434. The molecular formula is C25H34N4O3. The summed E-state index contributed by atoms with van der Waals surface area (Å²) in [6.45, 7) is 3.39. The molecule has 3 aliphatic heterocycles. The van der Waals surface area contributed by atoms with Gasteiger partial charge in [0.05, 0.1) is 6.67 Å². The average molecular weight is 439 g/mol. The van der Waals surface area contributed by atoms with E-state index < -0.39 is 5.54 Å². The monoisotopic (exact) mass is 438 g/mol. The second-order valence-corrected chi connectivity index (χ2v) is 9.83. The van der Waals surface area contributed by atoms with Gasteiger partial charge in [0.15, 0.2) is 0 Å². The summed E-state index contributed by atoms with van der Waals surface area (Å²) < 4.78 is 0. The molecule has 3 saturated heterocycles. The minimum Gasteiger partial charge on any atom is -0.342 e. The lowest BCUT2D eigenvalue weighted by atomic mass is 9.85. The van der Waals surface area contributed by atoms with Crippen LogP contribution in [0.15, 0.2) is 30.3 Å². The zero-order valence-electron chi connectivity index (χ0n) is 18.9. The van der Waals surface area contributed by atoms with Gasteiger partial charge in [-0.2, -0.15) is 0 Å². The van der Waals surface area contributed by atoms with Crippen molar-refractivity contribution in [1.29, 1.82) is 0 Å². The van der Waals surface area contributed by atoms with E-state index in [9.17, 15) is 14.4 Å². The van der Waals surface area contributed by atoms with Gasteiger partial charge in [0, 0.05) is 37.8 Å². The maximum atomic E-state index is 13.8. The number of carbonyl (C=O) groups is 3. The van der Waals surface area contributed by atoms with Gasteiger partial charge in [-0.05, 0) is 50.7 Å². The Labute approximate surface area is 190 Å². The van der Waals surface area contributed by atoms with Crippen molar-refractivity contribution in [2.45, 2.75) is 56.9 Å².